The maximum absolute atomic E-state index is 12.3. The lowest BCUT2D eigenvalue weighted by Crippen LogP contribution is -2.33. The first kappa shape index (κ1) is 12.9. The third-order valence-corrected chi connectivity index (χ3v) is 3.65. The molecule has 0 saturated carbocycles. The van der Waals surface area contributed by atoms with Gasteiger partial charge in [0.25, 0.3) is 5.91 Å². The summed E-state index contributed by atoms with van der Waals surface area (Å²) in [4.78, 5) is 27.9. The van der Waals surface area contributed by atoms with Gasteiger partial charge in [-0.25, -0.2) is 0 Å². The molecule has 1 aliphatic rings. The minimum atomic E-state index is -0.226. The van der Waals surface area contributed by atoms with Gasteiger partial charge in [0.15, 0.2) is 0 Å². The van der Waals surface area contributed by atoms with Crippen LogP contribution < -0.4 is 5.56 Å². The first-order valence-electron chi connectivity index (χ1n) is 6.46. The lowest BCUT2D eigenvalue weighted by Gasteiger charge is -2.23. The molecule has 1 aromatic rings. The number of nitrogens with zero attached hydrogens (tertiary/aromatic N) is 1. The molecule has 98 valence electrons. The highest BCUT2D eigenvalue weighted by molar-refractivity contribution is 5.94. The molecule has 0 aromatic carbocycles. The average molecular weight is 248 g/mol. The fraction of sp³-hybridized carbons (Fsp3) is 0.571. The summed E-state index contributed by atoms with van der Waals surface area (Å²) < 4.78 is 0. The first-order chi connectivity index (χ1) is 8.48. The third kappa shape index (κ3) is 3.00. The van der Waals surface area contributed by atoms with E-state index in [-0.39, 0.29) is 11.5 Å². The number of carbonyl (C=O) groups is 1. The van der Waals surface area contributed by atoms with Crippen LogP contribution in [-0.4, -0.2) is 28.9 Å². The third-order valence-electron chi connectivity index (χ3n) is 3.65. The van der Waals surface area contributed by atoms with Crippen LogP contribution in [0.3, 0.4) is 0 Å². The van der Waals surface area contributed by atoms with E-state index in [4.69, 9.17) is 0 Å². The number of carbonyl (C=O) groups excluding carboxylic acids is 1. The Morgan fingerprint density at radius 1 is 1.33 bits per heavy atom. The van der Waals surface area contributed by atoms with Gasteiger partial charge >= 0.3 is 0 Å². The molecule has 0 bridgehead atoms. The van der Waals surface area contributed by atoms with E-state index in [9.17, 15) is 9.59 Å². The molecule has 0 unspecified atom stereocenters. The van der Waals surface area contributed by atoms with Crippen molar-refractivity contribution in [2.24, 2.45) is 5.41 Å². The molecular weight excluding hydrogens is 228 g/mol. The van der Waals surface area contributed by atoms with E-state index in [2.05, 4.69) is 18.8 Å². The number of aromatic nitrogens is 1. The number of likely N-dealkylation sites (tertiary alicyclic amines) is 1. The minimum absolute atomic E-state index is 0.0289. The molecule has 4 heteroatoms. The summed E-state index contributed by atoms with van der Waals surface area (Å²) >= 11 is 0. The number of aromatic amines is 1. The Balaban J connectivity index is 2.12. The van der Waals surface area contributed by atoms with Crippen LogP contribution in [0.15, 0.2) is 23.1 Å². The maximum Gasteiger partial charge on any atom is 0.254 e. The van der Waals surface area contributed by atoms with Gasteiger partial charge < -0.3 is 9.88 Å². The highest BCUT2D eigenvalue weighted by Crippen LogP contribution is 2.30. The molecule has 1 aromatic heterocycles. The summed E-state index contributed by atoms with van der Waals surface area (Å²) in [5.41, 5.74) is 0.567. The van der Waals surface area contributed by atoms with E-state index in [0.29, 0.717) is 11.0 Å². The van der Waals surface area contributed by atoms with Crippen LogP contribution in [0.5, 0.6) is 0 Å². The Morgan fingerprint density at radius 3 is 2.83 bits per heavy atom. The Morgan fingerprint density at radius 2 is 2.11 bits per heavy atom. The average Bonchev–Trinajstić information content (AvgIpc) is 2.49. The second kappa shape index (κ2) is 4.96. The number of hydrogen-bond acceptors (Lipinski definition) is 2. The molecule has 2 heterocycles. The summed E-state index contributed by atoms with van der Waals surface area (Å²) in [6.07, 6.45) is 4.72. The van der Waals surface area contributed by atoms with Crippen LogP contribution >= 0.6 is 0 Å². The number of pyridine rings is 1. The number of hydrogen-bond donors (Lipinski definition) is 1. The Labute approximate surface area is 107 Å². The monoisotopic (exact) mass is 248 g/mol. The first-order valence-corrected chi connectivity index (χ1v) is 6.46. The SMILES string of the molecule is CC1(C)CCCN(C(=O)c2cc[nH]c(=O)c2)CC1. The molecule has 1 saturated heterocycles. The van der Waals surface area contributed by atoms with Gasteiger partial charge in [-0.05, 0) is 30.7 Å². The van der Waals surface area contributed by atoms with E-state index in [1.807, 2.05) is 4.90 Å². The summed E-state index contributed by atoms with van der Waals surface area (Å²) in [5.74, 6) is -0.0289. The molecule has 0 aliphatic carbocycles. The standard InChI is InChI=1S/C14H20N2O2/c1-14(2)5-3-8-16(9-6-14)13(18)11-4-7-15-12(17)10-11/h4,7,10H,3,5-6,8-9H2,1-2H3,(H,15,17). The summed E-state index contributed by atoms with van der Waals surface area (Å²) in [6.45, 7) is 6.05. The molecule has 0 radical (unpaired) electrons. The molecular formula is C14H20N2O2. The fourth-order valence-corrected chi connectivity index (χ4v) is 2.39. The van der Waals surface area contributed by atoms with Crippen molar-refractivity contribution in [2.75, 3.05) is 13.1 Å². The van der Waals surface area contributed by atoms with Crippen molar-refractivity contribution in [2.45, 2.75) is 33.1 Å². The van der Waals surface area contributed by atoms with Crippen molar-refractivity contribution in [1.29, 1.82) is 0 Å². The van der Waals surface area contributed by atoms with E-state index >= 15 is 0 Å². The minimum Gasteiger partial charge on any atom is -0.339 e. The summed E-state index contributed by atoms with van der Waals surface area (Å²) in [6, 6.07) is 3.04. The Bertz CT molecular complexity index is 491. The van der Waals surface area contributed by atoms with Crippen LogP contribution in [0.2, 0.25) is 0 Å². The van der Waals surface area contributed by atoms with E-state index in [0.717, 1.165) is 32.4 Å². The quantitative estimate of drug-likeness (QED) is 0.826. The lowest BCUT2D eigenvalue weighted by atomic mass is 9.85. The van der Waals surface area contributed by atoms with Gasteiger partial charge in [0.2, 0.25) is 5.56 Å². The molecule has 0 atom stereocenters. The zero-order valence-corrected chi connectivity index (χ0v) is 11.0. The van der Waals surface area contributed by atoms with Crippen molar-refractivity contribution < 1.29 is 4.79 Å². The molecule has 2 rings (SSSR count). The van der Waals surface area contributed by atoms with Gasteiger partial charge in [-0.2, -0.15) is 0 Å². The molecule has 1 aliphatic heterocycles. The van der Waals surface area contributed by atoms with Crippen LogP contribution in [0, 0.1) is 5.41 Å². The van der Waals surface area contributed by atoms with Crippen molar-refractivity contribution in [3.05, 3.63) is 34.2 Å². The number of H-pyrrole nitrogens is 1. The highest BCUT2D eigenvalue weighted by Gasteiger charge is 2.25. The molecule has 1 amide bonds. The second-order valence-corrected chi connectivity index (χ2v) is 5.75. The van der Waals surface area contributed by atoms with Crippen molar-refractivity contribution >= 4 is 5.91 Å². The second-order valence-electron chi connectivity index (χ2n) is 5.75. The highest BCUT2D eigenvalue weighted by atomic mass is 16.2. The van der Waals surface area contributed by atoms with Crippen molar-refractivity contribution in [3.8, 4) is 0 Å². The Kier molecular flexibility index (Phi) is 3.55. The van der Waals surface area contributed by atoms with Gasteiger partial charge in [0.05, 0.1) is 0 Å². The number of rotatable bonds is 1. The van der Waals surface area contributed by atoms with Gasteiger partial charge in [-0.1, -0.05) is 13.8 Å². The molecule has 4 nitrogen and oxygen atoms in total. The summed E-state index contributed by atoms with van der Waals surface area (Å²) in [7, 11) is 0. The number of amides is 1. The molecule has 1 fully saturated rings. The van der Waals surface area contributed by atoms with E-state index in [1.54, 1.807) is 6.07 Å². The van der Waals surface area contributed by atoms with E-state index in [1.165, 1.54) is 12.3 Å². The molecule has 1 N–H and O–H groups in total. The van der Waals surface area contributed by atoms with Crippen molar-refractivity contribution in [1.82, 2.24) is 9.88 Å². The van der Waals surface area contributed by atoms with Crippen LogP contribution in [0.1, 0.15) is 43.5 Å². The topological polar surface area (TPSA) is 53.2 Å². The lowest BCUT2D eigenvalue weighted by molar-refractivity contribution is 0.0757. The predicted octanol–water partition coefficient (Wildman–Crippen LogP) is 2.03. The van der Waals surface area contributed by atoms with Gasteiger partial charge in [0, 0.05) is 30.9 Å². The van der Waals surface area contributed by atoms with Gasteiger partial charge in [0.1, 0.15) is 0 Å². The summed E-state index contributed by atoms with van der Waals surface area (Å²) in [5, 5.41) is 0. The normalized spacial score (nSPS) is 19.3. The van der Waals surface area contributed by atoms with Crippen molar-refractivity contribution in [3.63, 3.8) is 0 Å². The number of nitrogens with one attached hydrogen (secondary N) is 1. The zero-order valence-electron chi connectivity index (χ0n) is 11.0. The zero-order chi connectivity index (χ0) is 13.2. The van der Waals surface area contributed by atoms with Crippen LogP contribution in [-0.2, 0) is 0 Å². The van der Waals surface area contributed by atoms with E-state index < -0.39 is 0 Å². The van der Waals surface area contributed by atoms with Crippen LogP contribution in [0.25, 0.3) is 0 Å². The van der Waals surface area contributed by atoms with Gasteiger partial charge in [-0.3, -0.25) is 9.59 Å². The largest absolute Gasteiger partial charge is 0.339 e. The van der Waals surface area contributed by atoms with Crippen LogP contribution in [0.4, 0.5) is 0 Å². The fourth-order valence-electron chi connectivity index (χ4n) is 2.39. The Hall–Kier alpha value is -1.58. The molecule has 0 spiro atoms. The predicted molar refractivity (Wildman–Crippen MR) is 70.6 cm³/mol. The maximum atomic E-state index is 12.3. The molecule has 18 heavy (non-hydrogen) atoms. The smallest absolute Gasteiger partial charge is 0.254 e. The van der Waals surface area contributed by atoms with Gasteiger partial charge in [-0.15, -0.1) is 0 Å².